The van der Waals surface area contributed by atoms with Crippen LogP contribution < -0.4 is 20.5 Å². The minimum absolute atomic E-state index is 0. The second kappa shape index (κ2) is 13.4. The molecule has 2 amide bonds. The number of primary amides is 1. The van der Waals surface area contributed by atoms with Crippen molar-refractivity contribution in [2.45, 2.75) is 18.9 Å². The zero-order valence-electron chi connectivity index (χ0n) is 20.2. The Balaban J connectivity index is 0.00000507. The number of sulfonamides is 1. The van der Waals surface area contributed by atoms with Gasteiger partial charge in [-0.1, -0.05) is 42.0 Å². The van der Waals surface area contributed by atoms with Crippen LogP contribution >= 0.6 is 24.0 Å². The van der Waals surface area contributed by atoms with Crippen LogP contribution in [0.1, 0.15) is 24.0 Å². The highest BCUT2D eigenvalue weighted by molar-refractivity contribution is 7.93. The van der Waals surface area contributed by atoms with Crippen LogP contribution in [0.3, 0.4) is 0 Å². The van der Waals surface area contributed by atoms with Gasteiger partial charge in [0.25, 0.3) is 0 Å². The van der Waals surface area contributed by atoms with Crippen LogP contribution in [0.5, 0.6) is 5.75 Å². The Morgan fingerprint density at radius 2 is 1.87 bits per heavy atom. The number of nitrogens with two attached hydrogens (primary N) is 2. The average Bonchev–Trinajstić information content (AvgIpc) is 2.83. The lowest BCUT2D eigenvalue weighted by molar-refractivity contribution is -0.134. The number of carbonyl (C=O) groups is 2. The molecule has 1 fully saturated rings. The molecule has 6 N–H and O–H groups in total. The monoisotopic (exact) mass is 585 g/mol. The van der Waals surface area contributed by atoms with Crippen LogP contribution in [0, 0.1) is 5.41 Å². The topological polar surface area (TPSA) is 180 Å². The van der Waals surface area contributed by atoms with Crippen molar-refractivity contribution in [3.05, 3.63) is 64.7 Å². The molecule has 0 atom stereocenters. The fraction of sp³-hybridized carbons (Fsp3) is 0.292. The van der Waals surface area contributed by atoms with Crippen molar-refractivity contribution < 1.29 is 27.9 Å². The molecule has 1 aliphatic rings. The fourth-order valence-corrected chi connectivity index (χ4v) is 5.26. The maximum absolute atomic E-state index is 12.9. The minimum atomic E-state index is -4.24. The Morgan fingerprint density at radius 1 is 1.18 bits per heavy atom. The molecular formula is C24H29Cl2N5O6S. The smallest absolute Gasteiger partial charge is 0.320 e. The number of nitrogens with one attached hydrogen (secondary N) is 1. The molecule has 0 aliphatic carbocycles. The number of carbonyl (C=O) groups excluding carboxylic acids is 1. The number of nitrogen functional groups attached to an aromatic ring is 1. The van der Waals surface area contributed by atoms with E-state index in [9.17, 15) is 18.0 Å². The summed E-state index contributed by atoms with van der Waals surface area (Å²) in [6.07, 6.45) is 4.14. The number of carboxylic acids is 1. The number of rotatable bonds is 10. The maximum Gasteiger partial charge on any atom is 0.320 e. The van der Waals surface area contributed by atoms with Crippen LogP contribution in [-0.4, -0.2) is 67.8 Å². The van der Waals surface area contributed by atoms with Crippen LogP contribution in [-0.2, 0) is 14.8 Å². The van der Waals surface area contributed by atoms with E-state index in [1.165, 1.54) is 23.1 Å². The second-order valence-corrected chi connectivity index (χ2v) is 10.7. The summed E-state index contributed by atoms with van der Waals surface area (Å²) in [5, 5.41) is 16.8. The van der Waals surface area contributed by atoms with Gasteiger partial charge < -0.3 is 26.2 Å². The molecule has 3 rings (SSSR count). The lowest BCUT2D eigenvalue weighted by Gasteiger charge is -2.31. The van der Waals surface area contributed by atoms with E-state index < -0.39 is 27.8 Å². The summed E-state index contributed by atoms with van der Waals surface area (Å²) in [4.78, 5) is 24.0. The van der Waals surface area contributed by atoms with Crippen molar-refractivity contribution in [1.82, 2.24) is 4.90 Å². The van der Waals surface area contributed by atoms with Crippen LogP contribution in [0.4, 0.5) is 10.5 Å². The molecule has 0 bridgehead atoms. The van der Waals surface area contributed by atoms with Gasteiger partial charge in [0, 0.05) is 31.5 Å². The van der Waals surface area contributed by atoms with E-state index in [0.717, 1.165) is 4.31 Å². The molecule has 1 heterocycles. The SMILES string of the molecule is Cl.N=C(N)c1cccc(/C=C/CN(c2ccc(OC3CCN(C(N)=O)CC3)c(Cl)c2)S(=O)(=O)CC(=O)O)c1. The molecule has 1 aliphatic heterocycles. The summed E-state index contributed by atoms with van der Waals surface area (Å²) in [6, 6.07) is 10.8. The van der Waals surface area contributed by atoms with Crippen LogP contribution in [0.15, 0.2) is 48.5 Å². The van der Waals surface area contributed by atoms with E-state index in [2.05, 4.69) is 0 Å². The third kappa shape index (κ3) is 8.27. The Kier molecular flexibility index (Phi) is 10.8. The predicted molar refractivity (Wildman–Crippen MR) is 149 cm³/mol. The molecule has 206 valence electrons. The molecule has 0 spiro atoms. The number of piperidine rings is 1. The van der Waals surface area contributed by atoms with Gasteiger partial charge in [-0.05, 0) is 29.8 Å². The standard InChI is InChI=1S/C24H28ClN5O6S.ClH/c25-20-14-18(6-7-21(20)36-19-8-11-29(12-9-19)24(28)33)30(37(34,35)15-22(31)32)10-2-4-16-3-1-5-17(13-16)23(26)27;/h1-7,13-14,19H,8-12,15H2,(H3,26,27)(H2,28,33)(H,31,32);1H/b4-2+;. The normalized spacial score (nSPS) is 14.1. The summed E-state index contributed by atoms with van der Waals surface area (Å²) >= 11 is 6.41. The summed E-state index contributed by atoms with van der Waals surface area (Å²) in [5.74, 6) is -2.35. The number of likely N-dealkylation sites (tertiary alicyclic amines) is 1. The van der Waals surface area contributed by atoms with Gasteiger partial charge in [-0.3, -0.25) is 14.5 Å². The van der Waals surface area contributed by atoms with Gasteiger partial charge >= 0.3 is 12.0 Å². The lowest BCUT2D eigenvalue weighted by atomic mass is 10.1. The number of hydrogen-bond acceptors (Lipinski definition) is 6. The molecular weight excluding hydrogens is 557 g/mol. The van der Waals surface area contributed by atoms with E-state index >= 15 is 0 Å². The van der Waals surface area contributed by atoms with Gasteiger partial charge in [0.05, 0.1) is 17.3 Å². The Bertz CT molecular complexity index is 1310. The first-order valence-electron chi connectivity index (χ1n) is 11.3. The van der Waals surface area contributed by atoms with Crippen molar-refractivity contribution >= 4 is 63.6 Å². The summed E-state index contributed by atoms with van der Waals surface area (Å²) < 4.78 is 32.7. The molecule has 14 heteroatoms. The third-order valence-corrected chi connectivity index (χ3v) is 7.61. The molecule has 11 nitrogen and oxygen atoms in total. The maximum atomic E-state index is 12.9. The van der Waals surface area contributed by atoms with Gasteiger partial charge in [0.15, 0.2) is 5.75 Å². The van der Waals surface area contributed by atoms with Crippen molar-refractivity contribution in [3.63, 3.8) is 0 Å². The number of urea groups is 1. The molecule has 2 aromatic rings. The molecule has 0 saturated carbocycles. The van der Waals surface area contributed by atoms with Gasteiger partial charge in [0.1, 0.15) is 17.7 Å². The van der Waals surface area contributed by atoms with Crippen molar-refractivity contribution in [3.8, 4) is 5.75 Å². The van der Waals surface area contributed by atoms with E-state index in [-0.39, 0.29) is 41.6 Å². The Morgan fingerprint density at radius 3 is 2.45 bits per heavy atom. The Labute approximate surface area is 232 Å². The van der Waals surface area contributed by atoms with Gasteiger partial charge in [-0.2, -0.15) is 0 Å². The zero-order chi connectivity index (χ0) is 27.2. The number of ether oxygens (including phenoxy) is 1. The number of amidine groups is 1. The summed E-state index contributed by atoms with van der Waals surface area (Å²) in [7, 11) is -4.24. The van der Waals surface area contributed by atoms with E-state index in [4.69, 9.17) is 38.3 Å². The highest BCUT2D eigenvalue weighted by atomic mass is 35.5. The number of halogens is 2. The number of carboxylic acid groups (broad SMARTS) is 1. The first kappa shape index (κ1) is 30.7. The lowest BCUT2D eigenvalue weighted by Crippen LogP contribution is -2.44. The van der Waals surface area contributed by atoms with Crippen molar-refractivity contribution in [2.75, 3.05) is 29.7 Å². The average molecular weight is 586 g/mol. The van der Waals surface area contributed by atoms with E-state index in [1.54, 1.807) is 36.4 Å². The number of aliphatic carboxylic acids is 1. The number of anilines is 1. The quantitative estimate of drug-likeness (QED) is 0.244. The van der Waals surface area contributed by atoms with Crippen LogP contribution in [0.2, 0.25) is 5.02 Å². The second-order valence-electron chi connectivity index (χ2n) is 8.38. The molecule has 38 heavy (non-hydrogen) atoms. The summed E-state index contributed by atoms with van der Waals surface area (Å²) in [6.45, 7) is 0.749. The fourth-order valence-electron chi connectivity index (χ4n) is 3.82. The molecule has 2 aromatic carbocycles. The van der Waals surface area contributed by atoms with Gasteiger partial charge in [-0.25, -0.2) is 13.2 Å². The van der Waals surface area contributed by atoms with E-state index in [0.29, 0.717) is 42.8 Å². The largest absolute Gasteiger partial charge is 0.489 e. The number of nitrogens with zero attached hydrogens (tertiary/aromatic N) is 2. The number of benzene rings is 2. The molecule has 0 radical (unpaired) electrons. The van der Waals surface area contributed by atoms with Gasteiger partial charge in [0.2, 0.25) is 10.0 Å². The first-order chi connectivity index (χ1) is 17.5. The molecule has 1 saturated heterocycles. The number of hydrogen-bond donors (Lipinski definition) is 4. The highest BCUT2D eigenvalue weighted by Crippen LogP contribution is 2.32. The van der Waals surface area contributed by atoms with Crippen molar-refractivity contribution in [2.24, 2.45) is 11.5 Å². The minimum Gasteiger partial charge on any atom is -0.489 e. The highest BCUT2D eigenvalue weighted by Gasteiger charge is 2.27. The molecule has 0 unspecified atom stereocenters. The molecule has 0 aromatic heterocycles. The van der Waals surface area contributed by atoms with Crippen molar-refractivity contribution in [1.29, 1.82) is 5.41 Å². The predicted octanol–water partition coefficient (Wildman–Crippen LogP) is 2.90. The first-order valence-corrected chi connectivity index (χ1v) is 13.3. The van der Waals surface area contributed by atoms with E-state index in [1.807, 2.05) is 0 Å². The van der Waals surface area contributed by atoms with Gasteiger partial charge in [-0.15, -0.1) is 12.4 Å². The van der Waals surface area contributed by atoms with Crippen LogP contribution in [0.25, 0.3) is 6.08 Å². The Hall–Kier alpha value is -3.48. The summed E-state index contributed by atoms with van der Waals surface area (Å²) in [5.41, 5.74) is 12.2. The number of amides is 2. The zero-order valence-corrected chi connectivity index (χ0v) is 22.6. The third-order valence-electron chi connectivity index (χ3n) is 5.67.